The lowest BCUT2D eigenvalue weighted by molar-refractivity contribution is -0.107. The lowest BCUT2D eigenvalue weighted by Gasteiger charge is -2.03. The third-order valence-electron chi connectivity index (χ3n) is 2.61. The average Bonchev–Trinajstić information content (AvgIpc) is 2.38. The molecule has 0 radical (unpaired) electrons. The van der Waals surface area contributed by atoms with E-state index in [1.54, 1.807) is 0 Å². The number of rotatable bonds is 5. The van der Waals surface area contributed by atoms with Gasteiger partial charge in [-0.2, -0.15) is 0 Å². The zero-order valence-electron chi connectivity index (χ0n) is 9.67. The molecule has 0 bridgehead atoms. The van der Waals surface area contributed by atoms with Crippen LogP contribution >= 0.6 is 0 Å². The lowest BCUT2D eigenvalue weighted by Crippen LogP contribution is -1.97. The molecule has 17 heavy (non-hydrogen) atoms. The highest BCUT2D eigenvalue weighted by Crippen LogP contribution is 2.08. The first kappa shape index (κ1) is 11.5. The van der Waals surface area contributed by atoms with Crippen LogP contribution in [0.4, 0.5) is 0 Å². The van der Waals surface area contributed by atoms with E-state index in [-0.39, 0.29) is 0 Å². The number of hydrogen-bond acceptors (Lipinski definition) is 2. The van der Waals surface area contributed by atoms with E-state index < -0.39 is 0 Å². The number of carbonyl (C=O) groups excluding carboxylic acids is 1. The monoisotopic (exact) mass is 225 g/mol. The van der Waals surface area contributed by atoms with Crippen LogP contribution in [0.15, 0.2) is 48.5 Å². The first-order valence-electron chi connectivity index (χ1n) is 5.81. The van der Waals surface area contributed by atoms with Gasteiger partial charge in [-0.3, -0.25) is 4.98 Å². The Kier molecular flexibility index (Phi) is 4.03. The summed E-state index contributed by atoms with van der Waals surface area (Å²) in [6.07, 6.45) is 3.05. The van der Waals surface area contributed by atoms with E-state index in [4.69, 9.17) is 0 Å². The van der Waals surface area contributed by atoms with E-state index in [1.807, 2.05) is 36.4 Å². The molecule has 0 fully saturated rings. The molecule has 0 spiro atoms. The van der Waals surface area contributed by atoms with Gasteiger partial charge in [0.2, 0.25) is 0 Å². The molecule has 2 aromatic rings. The van der Waals surface area contributed by atoms with Crippen molar-refractivity contribution in [1.82, 2.24) is 4.98 Å². The van der Waals surface area contributed by atoms with Gasteiger partial charge in [-0.15, -0.1) is 0 Å². The fraction of sp³-hybridized carbons (Fsp3) is 0.200. The van der Waals surface area contributed by atoms with Crippen LogP contribution in [0.3, 0.4) is 0 Å². The second-order valence-corrected chi connectivity index (χ2v) is 3.99. The molecule has 0 atom stereocenters. The molecule has 0 amide bonds. The van der Waals surface area contributed by atoms with Crippen LogP contribution in [0.5, 0.6) is 0 Å². The summed E-state index contributed by atoms with van der Waals surface area (Å²) in [7, 11) is 0. The number of nitrogens with zero attached hydrogens (tertiary/aromatic N) is 1. The maximum atomic E-state index is 10.3. The van der Waals surface area contributed by atoms with Crippen LogP contribution in [0, 0.1) is 0 Å². The van der Waals surface area contributed by atoms with Gasteiger partial charge in [0.15, 0.2) is 0 Å². The van der Waals surface area contributed by atoms with Gasteiger partial charge in [0.05, 0.1) is 0 Å². The predicted molar refractivity (Wildman–Crippen MR) is 67.9 cm³/mol. The molecular weight excluding hydrogens is 210 g/mol. The molecular formula is C15H15NO. The smallest absolute Gasteiger partial charge is 0.120 e. The third kappa shape index (κ3) is 3.52. The van der Waals surface area contributed by atoms with Crippen molar-refractivity contribution in [2.75, 3.05) is 0 Å². The maximum Gasteiger partial charge on any atom is 0.120 e. The summed E-state index contributed by atoms with van der Waals surface area (Å²) in [4.78, 5) is 14.9. The van der Waals surface area contributed by atoms with Crippen molar-refractivity contribution in [3.8, 4) is 0 Å². The Bertz CT molecular complexity index is 479. The number of carbonyl (C=O) groups is 1. The molecule has 0 N–H and O–H groups in total. The van der Waals surface area contributed by atoms with E-state index in [0.717, 1.165) is 30.5 Å². The number of aldehydes is 1. The van der Waals surface area contributed by atoms with Gasteiger partial charge < -0.3 is 4.79 Å². The zero-order chi connectivity index (χ0) is 11.9. The normalized spacial score (nSPS) is 10.1. The molecule has 2 nitrogen and oxygen atoms in total. The van der Waals surface area contributed by atoms with Crippen LogP contribution in [-0.2, 0) is 17.6 Å². The first-order valence-corrected chi connectivity index (χ1v) is 5.81. The third-order valence-corrected chi connectivity index (χ3v) is 2.61. The molecule has 2 rings (SSSR count). The van der Waals surface area contributed by atoms with Crippen LogP contribution in [0.1, 0.15) is 23.4 Å². The Labute approximate surface area is 101 Å². The lowest BCUT2D eigenvalue weighted by atomic mass is 10.1. The molecule has 2 heteroatoms. The summed E-state index contributed by atoms with van der Waals surface area (Å²) in [6, 6.07) is 16.3. The number of pyridine rings is 1. The Balaban J connectivity index is 2.08. The molecule has 0 aliphatic rings. The Morgan fingerprint density at radius 1 is 0.941 bits per heavy atom. The molecule has 86 valence electrons. The number of hydrogen-bond donors (Lipinski definition) is 0. The first-order chi connectivity index (χ1) is 8.38. The van der Waals surface area contributed by atoms with Gasteiger partial charge in [-0.05, 0) is 24.1 Å². The fourth-order valence-electron chi connectivity index (χ4n) is 1.78. The summed E-state index contributed by atoms with van der Waals surface area (Å²) in [5.74, 6) is 0. The fourth-order valence-corrected chi connectivity index (χ4v) is 1.78. The van der Waals surface area contributed by atoms with E-state index in [1.165, 1.54) is 5.56 Å². The SMILES string of the molecule is O=CCCc1cccc(Cc2ccccc2)n1. The van der Waals surface area contributed by atoms with Gasteiger partial charge in [-0.25, -0.2) is 0 Å². The number of aromatic nitrogens is 1. The molecule has 1 aromatic heterocycles. The zero-order valence-corrected chi connectivity index (χ0v) is 9.67. The minimum atomic E-state index is 0.543. The van der Waals surface area contributed by atoms with Crippen LogP contribution < -0.4 is 0 Å². The predicted octanol–water partition coefficient (Wildman–Crippen LogP) is 2.80. The molecule has 0 aliphatic carbocycles. The van der Waals surface area contributed by atoms with Crippen LogP contribution in [0.25, 0.3) is 0 Å². The summed E-state index contributed by atoms with van der Waals surface area (Å²) < 4.78 is 0. The van der Waals surface area contributed by atoms with Gasteiger partial charge >= 0.3 is 0 Å². The number of benzene rings is 1. The maximum absolute atomic E-state index is 10.3. The minimum absolute atomic E-state index is 0.543. The molecule has 0 unspecified atom stereocenters. The van der Waals surface area contributed by atoms with E-state index in [2.05, 4.69) is 17.1 Å². The Hall–Kier alpha value is -1.96. The van der Waals surface area contributed by atoms with E-state index >= 15 is 0 Å². The highest BCUT2D eigenvalue weighted by Gasteiger charge is 1.99. The van der Waals surface area contributed by atoms with Gasteiger partial charge in [0.1, 0.15) is 6.29 Å². The summed E-state index contributed by atoms with van der Waals surface area (Å²) >= 11 is 0. The number of aryl methyl sites for hydroxylation is 1. The van der Waals surface area contributed by atoms with Crippen molar-refractivity contribution < 1.29 is 4.79 Å². The van der Waals surface area contributed by atoms with Crippen molar-refractivity contribution in [2.24, 2.45) is 0 Å². The Morgan fingerprint density at radius 2 is 1.71 bits per heavy atom. The van der Waals surface area contributed by atoms with E-state index in [0.29, 0.717) is 6.42 Å². The molecule has 1 heterocycles. The highest BCUT2D eigenvalue weighted by atomic mass is 16.1. The second-order valence-electron chi connectivity index (χ2n) is 3.99. The summed E-state index contributed by atoms with van der Waals surface area (Å²) in [5, 5.41) is 0. The average molecular weight is 225 g/mol. The van der Waals surface area contributed by atoms with Crippen molar-refractivity contribution >= 4 is 6.29 Å². The summed E-state index contributed by atoms with van der Waals surface area (Å²) in [5.41, 5.74) is 3.30. The highest BCUT2D eigenvalue weighted by molar-refractivity contribution is 5.49. The van der Waals surface area contributed by atoms with Gasteiger partial charge in [-0.1, -0.05) is 36.4 Å². The largest absolute Gasteiger partial charge is 0.303 e. The molecule has 0 aliphatic heterocycles. The second kappa shape index (κ2) is 5.94. The van der Waals surface area contributed by atoms with Crippen molar-refractivity contribution in [3.63, 3.8) is 0 Å². The standard InChI is InChI=1S/C15H15NO/c17-11-5-10-14-8-4-9-15(16-14)12-13-6-2-1-3-7-13/h1-4,6-9,11H,5,10,12H2. The van der Waals surface area contributed by atoms with Gasteiger partial charge in [0.25, 0.3) is 0 Å². The van der Waals surface area contributed by atoms with Crippen molar-refractivity contribution in [1.29, 1.82) is 0 Å². The van der Waals surface area contributed by atoms with Crippen molar-refractivity contribution in [2.45, 2.75) is 19.3 Å². The molecule has 1 aromatic carbocycles. The summed E-state index contributed by atoms with van der Waals surface area (Å²) in [6.45, 7) is 0. The van der Waals surface area contributed by atoms with E-state index in [9.17, 15) is 4.79 Å². The van der Waals surface area contributed by atoms with Crippen LogP contribution in [0.2, 0.25) is 0 Å². The quantitative estimate of drug-likeness (QED) is 0.732. The molecule has 0 saturated carbocycles. The molecule has 0 saturated heterocycles. The van der Waals surface area contributed by atoms with Crippen LogP contribution in [-0.4, -0.2) is 11.3 Å². The minimum Gasteiger partial charge on any atom is -0.303 e. The van der Waals surface area contributed by atoms with Gasteiger partial charge in [0, 0.05) is 24.2 Å². The van der Waals surface area contributed by atoms with Crippen molar-refractivity contribution in [3.05, 3.63) is 65.5 Å². The topological polar surface area (TPSA) is 30.0 Å². The Morgan fingerprint density at radius 3 is 2.47 bits per heavy atom.